The van der Waals surface area contributed by atoms with Crippen molar-refractivity contribution in [3.05, 3.63) is 242 Å². The molecule has 7 rings (SSSR count). The second kappa shape index (κ2) is 46.9. The van der Waals surface area contributed by atoms with Gasteiger partial charge in [0.25, 0.3) is 0 Å². The average molecular weight is 1300 g/mol. The molecule has 5 aromatic carbocycles. The molecule has 0 saturated carbocycles. The lowest BCUT2D eigenvalue weighted by Gasteiger charge is -2.25. The molecular formula is C82H117N5S4. The SMILES string of the molecule is CCCCCCCCc1cc(C)ccc1-c1ccc(C)cc1CCCCCCCC.CN=C1C(/C(C)=C/C=C(C)C)=CC=C(/C(C)=C/C=C(C)C)C1=NC.CN=C1C(C)=CC=C(C)C1=NC.Cc1ccc(N(c2ccccc2)c2ccc(C)cc2)cc1.S.S.S.S. The Hall–Kier alpha value is -6.10. The molecule has 0 atom stereocenters. The Labute approximate surface area is 582 Å². The van der Waals surface area contributed by atoms with E-state index >= 15 is 0 Å². The van der Waals surface area contributed by atoms with Crippen LogP contribution in [0.4, 0.5) is 17.1 Å². The maximum absolute atomic E-state index is 4.53. The van der Waals surface area contributed by atoms with E-state index in [0.29, 0.717) is 0 Å². The van der Waals surface area contributed by atoms with E-state index in [1.807, 2.05) is 20.2 Å². The standard InChI is InChI=1S/C30H46.C22H30N2.C20H19N.C10H14N2.4H2S/c1-5-7-9-11-13-15-17-27-23-25(3)19-21-29(27)30-22-20-26(4)24-28(30)18-16-14-12-10-8-6-2;1-15(2)9-11-17(5)19-13-14-20(18(6)12-10-16(3)4)22(24-8)21(19)23-7;1-16-8-12-19(13-9-16)21(18-6-4-3-5-7-18)20-14-10-17(2)11-15-20;1-7-5-6-8(2)10(12-4)9(7)11-3;;;;/h19-24H,5-18H2,1-4H3;9-14H,1-8H3;3-15H,1-2H3;5-6H,1-4H3;4*1H2/b;17-11+,18-12+,23-21?,24-22?;;;;;;. The highest BCUT2D eigenvalue weighted by Crippen LogP contribution is 2.35. The van der Waals surface area contributed by atoms with Crippen molar-refractivity contribution in [1.29, 1.82) is 0 Å². The van der Waals surface area contributed by atoms with Crippen LogP contribution in [0.25, 0.3) is 11.1 Å². The van der Waals surface area contributed by atoms with Crippen LogP contribution in [0.2, 0.25) is 0 Å². The minimum atomic E-state index is 0. The predicted octanol–water partition coefficient (Wildman–Crippen LogP) is 23.9. The predicted molar refractivity (Wildman–Crippen MR) is 431 cm³/mol. The number of aryl methyl sites for hydroxylation is 6. The fourth-order valence-corrected chi connectivity index (χ4v) is 10.8. The van der Waals surface area contributed by atoms with Crippen molar-refractivity contribution in [2.45, 2.75) is 187 Å². The number of hydrogen-bond acceptors (Lipinski definition) is 5. The first-order chi connectivity index (χ1) is 41.9. The normalized spacial score (nSPS) is 14.4. The summed E-state index contributed by atoms with van der Waals surface area (Å²) in [6.45, 7) is 30.0. The van der Waals surface area contributed by atoms with Gasteiger partial charge in [-0.05, 0) is 190 Å². The molecule has 0 N–H and O–H groups in total. The van der Waals surface area contributed by atoms with E-state index in [-0.39, 0.29) is 54.0 Å². The Bertz CT molecular complexity index is 3150. The van der Waals surface area contributed by atoms with Crippen LogP contribution in [0.5, 0.6) is 0 Å². The van der Waals surface area contributed by atoms with Gasteiger partial charge in [0, 0.05) is 56.4 Å². The molecule has 0 radical (unpaired) electrons. The molecule has 0 saturated heterocycles. The number of para-hydroxylation sites is 1. The maximum Gasteiger partial charge on any atom is 0.0903 e. The number of hydrogen-bond donors (Lipinski definition) is 0. The van der Waals surface area contributed by atoms with Crippen LogP contribution in [-0.2, 0) is 12.8 Å². The molecule has 494 valence electrons. The third-order valence-corrected chi connectivity index (χ3v) is 15.8. The van der Waals surface area contributed by atoms with Crippen molar-refractivity contribution in [1.82, 2.24) is 0 Å². The van der Waals surface area contributed by atoms with Crippen molar-refractivity contribution in [3.8, 4) is 11.1 Å². The highest BCUT2D eigenvalue weighted by molar-refractivity contribution is 7.59. The minimum absolute atomic E-state index is 0. The maximum atomic E-state index is 4.53. The molecule has 91 heavy (non-hydrogen) atoms. The van der Waals surface area contributed by atoms with E-state index < -0.39 is 0 Å². The number of unbranched alkanes of at least 4 members (excludes halogenated alkanes) is 10. The van der Waals surface area contributed by atoms with Crippen LogP contribution in [0.3, 0.4) is 0 Å². The molecule has 0 aromatic heterocycles. The van der Waals surface area contributed by atoms with E-state index in [0.717, 1.165) is 34.0 Å². The van der Waals surface area contributed by atoms with Crippen LogP contribution in [0.15, 0.2) is 228 Å². The van der Waals surface area contributed by atoms with Gasteiger partial charge < -0.3 is 4.90 Å². The van der Waals surface area contributed by atoms with Gasteiger partial charge in [-0.15, -0.1) is 0 Å². The molecule has 2 aliphatic rings. The summed E-state index contributed by atoms with van der Waals surface area (Å²) in [6.07, 6.45) is 35.8. The van der Waals surface area contributed by atoms with E-state index in [2.05, 4.69) is 280 Å². The lowest BCUT2D eigenvalue weighted by Crippen LogP contribution is -2.23. The molecule has 0 spiro atoms. The molecule has 9 heteroatoms. The van der Waals surface area contributed by atoms with Gasteiger partial charge in [0.1, 0.15) is 0 Å². The van der Waals surface area contributed by atoms with E-state index in [9.17, 15) is 0 Å². The summed E-state index contributed by atoms with van der Waals surface area (Å²) in [4.78, 5) is 19.8. The summed E-state index contributed by atoms with van der Waals surface area (Å²) >= 11 is 0. The van der Waals surface area contributed by atoms with Gasteiger partial charge in [0.05, 0.1) is 22.8 Å². The van der Waals surface area contributed by atoms with Crippen molar-refractivity contribution in [2.75, 3.05) is 33.1 Å². The summed E-state index contributed by atoms with van der Waals surface area (Å²) in [5.74, 6) is 0. The lowest BCUT2D eigenvalue weighted by molar-refractivity contribution is 0.607. The number of nitrogens with zero attached hydrogens (tertiary/aromatic N) is 5. The largest absolute Gasteiger partial charge is 0.311 e. The molecule has 0 bridgehead atoms. The summed E-state index contributed by atoms with van der Waals surface area (Å²) in [5, 5.41) is 0. The third-order valence-electron chi connectivity index (χ3n) is 15.8. The average Bonchev–Trinajstić information content (AvgIpc) is 2.18. The van der Waals surface area contributed by atoms with Crippen LogP contribution < -0.4 is 4.90 Å². The third kappa shape index (κ3) is 28.8. The summed E-state index contributed by atoms with van der Waals surface area (Å²) in [5.41, 5.74) is 28.4. The number of benzene rings is 5. The number of anilines is 3. The van der Waals surface area contributed by atoms with Crippen molar-refractivity contribution < 1.29 is 0 Å². The highest BCUT2D eigenvalue weighted by Gasteiger charge is 2.23. The highest BCUT2D eigenvalue weighted by atomic mass is 32.1. The number of rotatable bonds is 22. The van der Waals surface area contributed by atoms with E-state index in [1.54, 1.807) is 25.2 Å². The Morgan fingerprint density at radius 1 is 0.352 bits per heavy atom. The van der Waals surface area contributed by atoms with Crippen LogP contribution in [0, 0.1) is 27.7 Å². The second-order valence-corrected chi connectivity index (χ2v) is 24.0. The molecule has 5 nitrogen and oxygen atoms in total. The fraction of sp³-hybridized carbons (Fsp3) is 0.390. The Kier molecular flexibility index (Phi) is 43.7. The van der Waals surface area contributed by atoms with Crippen LogP contribution in [0.1, 0.15) is 180 Å². The van der Waals surface area contributed by atoms with Crippen molar-refractivity contribution in [3.63, 3.8) is 0 Å². The molecule has 0 fully saturated rings. The number of allylic oxidation sites excluding steroid dienone is 16. The van der Waals surface area contributed by atoms with Crippen molar-refractivity contribution >= 4 is 93.9 Å². The molecule has 0 aliphatic heterocycles. The topological polar surface area (TPSA) is 52.7 Å². The summed E-state index contributed by atoms with van der Waals surface area (Å²) < 4.78 is 0. The first kappa shape index (κ1) is 84.9. The zero-order chi connectivity index (χ0) is 63.7. The van der Waals surface area contributed by atoms with Gasteiger partial charge in [-0.3, -0.25) is 20.0 Å². The zero-order valence-electron chi connectivity index (χ0n) is 59.2. The summed E-state index contributed by atoms with van der Waals surface area (Å²) in [6, 6.07) is 42.0. The Morgan fingerprint density at radius 2 is 0.670 bits per heavy atom. The molecule has 0 amide bonds. The van der Waals surface area contributed by atoms with Crippen LogP contribution in [-0.4, -0.2) is 51.0 Å². The molecule has 5 aromatic rings. The van der Waals surface area contributed by atoms with Crippen molar-refractivity contribution in [2.24, 2.45) is 20.0 Å². The summed E-state index contributed by atoms with van der Waals surface area (Å²) in [7, 11) is 7.27. The van der Waals surface area contributed by atoms with Gasteiger partial charge in [-0.2, -0.15) is 54.0 Å². The molecule has 2 aliphatic carbocycles. The Balaban J connectivity index is 0.00000121. The van der Waals surface area contributed by atoms with E-state index in [4.69, 9.17) is 0 Å². The fourth-order valence-electron chi connectivity index (χ4n) is 10.8. The first-order valence-electron chi connectivity index (χ1n) is 32.4. The molecular weight excluding hydrogens is 1180 g/mol. The lowest BCUT2D eigenvalue weighted by atomic mass is 9.86. The smallest absolute Gasteiger partial charge is 0.0903 e. The second-order valence-electron chi connectivity index (χ2n) is 24.0. The Morgan fingerprint density at radius 3 is 1.00 bits per heavy atom. The zero-order valence-corrected chi connectivity index (χ0v) is 63.2. The first-order valence-corrected chi connectivity index (χ1v) is 32.4. The number of aliphatic imine (C=N–C) groups is 4. The van der Waals surface area contributed by atoms with Gasteiger partial charge in [0.15, 0.2) is 0 Å². The van der Waals surface area contributed by atoms with Gasteiger partial charge in [-0.1, -0.05) is 239 Å². The molecule has 0 unspecified atom stereocenters. The van der Waals surface area contributed by atoms with Gasteiger partial charge in [0.2, 0.25) is 0 Å². The van der Waals surface area contributed by atoms with Gasteiger partial charge in [-0.25, -0.2) is 0 Å². The van der Waals surface area contributed by atoms with E-state index in [1.165, 1.54) is 174 Å². The quantitative estimate of drug-likeness (QED) is 0.0387. The minimum Gasteiger partial charge on any atom is -0.311 e. The monoisotopic (exact) mass is 1300 g/mol. The van der Waals surface area contributed by atoms with Crippen LogP contribution >= 0.6 is 54.0 Å². The molecule has 0 heterocycles. The van der Waals surface area contributed by atoms with Gasteiger partial charge >= 0.3 is 0 Å².